The minimum absolute atomic E-state index is 0.260. The molecule has 1 atom stereocenters. The number of aliphatic imine (C=N–C) groups is 1. The monoisotopic (exact) mass is 358 g/mol. The summed E-state index contributed by atoms with van der Waals surface area (Å²) in [6.45, 7) is 12.5. The predicted octanol–water partition coefficient (Wildman–Crippen LogP) is 3.14. The lowest BCUT2D eigenvalue weighted by Crippen LogP contribution is -2.36. The minimum atomic E-state index is 0.260. The van der Waals surface area contributed by atoms with E-state index in [0.717, 1.165) is 59.1 Å². The molecule has 2 aromatic rings. The van der Waals surface area contributed by atoms with E-state index in [0.29, 0.717) is 17.5 Å². The molecule has 0 saturated heterocycles. The van der Waals surface area contributed by atoms with Crippen LogP contribution in [-0.4, -0.2) is 39.5 Å². The summed E-state index contributed by atoms with van der Waals surface area (Å²) in [7, 11) is 5.90. The van der Waals surface area contributed by atoms with Crippen molar-refractivity contribution in [2.75, 3.05) is 4.90 Å². The fourth-order valence-electron chi connectivity index (χ4n) is 3.49. The fourth-order valence-corrected chi connectivity index (χ4v) is 3.49. The van der Waals surface area contributed by atoms with Gasteiger partial charge in [-0.25, -0.2) is 24.9 Å². The van der Waals surface area contributed by atoms with E-state index >= 15 is 0 Å². The molecule has 3 heterocycles. The summed E-state index contributed by atoms with van der Waals surface area (Å²) in [5.41, 5.74) is 5.53. The van der Waals surface area contributed by atoms with Crippen LogP contribution >= 0.6 is 0 Å². The number of allylic oxidation sites excluding steroid dienone is 1. The van der Waals surface area contributed by atoms with Crippen LogP contribution in [0.4, 0.5) is 11.5 Å². The maximum absolute atomic E-state index is 5.90. The largest absolute Gasteiger partial charge is 0.321 e. The Balaban J connectivity index is 1.89. The summed E-state index contributed by atoms with van der Waals surface area (Å²) in [5.74, 6) is 1.84. The molecule has 2 aliphatic rings. The molecule has 2 radical (unpaired) electrons. The summed E-state index contributed by atoms with van der Waals surface area (Å²) in [4.78, 5) is 25.2. The van der Waals surface area contributed by atoms with Gasteiger partial charge >= 0.3 is 0 Å². The van der Waals surface area contributed by atoms with Gasteiger partial charge in [0.1, 0.15) is 5.69 Å². The van der Waals surface area contributed by atoms with Crippen molar-refractivity contribution in [1.82, 2.24) is 19.9 Å². The molecule has 27 heavy (non-hydrogen) atoms. The Hall–Kier alpha value is -2.57. The molecular weight excluding hydrogens is 335 g/mol. The zero-order valence-electron chi connectivity index (χ0n) is 16.3. The Kier molecular flexibility index (Phi) is 4.33. The van der Waals surface area contributed by atoms with Gasteiger partial charge in [0.25, 0.3) is 0 Å². The van der Waals surface area contributed by atoms with Crippen LogP contribution < -0.4 is 10.6 Å². The number of rotatable bonds is 4. The summed E-state index contributed by atoms with van der Waals surface area (Å²) >= 11 is 0. The first-order chi connectivity index (χ1) is 12.9. The summed E-state index contributed by atoms with van der Waals surface area (Å²) < 4.78 is 0. The van der Waals surface area contributed by atoms with Gasteiger partial charge in [0.15, 0.2) is 19.5 Å². The molecule has 4 rings (SSSR count). The number of aromatic nitrogens is 4. The van der Waals surface area contributed by atoms with Crippen LogP contribution in [0.3, 0.4) is 0 Å². The van der Waals surface area contributed by atoms with Crippen molar-refractivity contribution in [3.63, 3.8) is 0 Å². The molecule has 1 aliphatic heterocycles. The molecule has 6 nitrogen and oxygen atoms in total. The number of hydrogen-bond acceptors (Lipinski definition) is 6. The van der Waals surface area contributed by atoms with Crippen molar-refractivity contribution in [1.29, 1.82) is 0 Å². The van der Waals surface area contributed by atoms with Gasteiger partial charge < -0.3 is 4.90 Å². The van der Waals surface area contributed by atoms with Crippen LogP contribution in [0.5, 0.6) is 0 Å². The molecule has 0 spiro atoms. The minimum Gasteiger partial charge on any atom is -0.321 e. The highest BCUT2D eigenvalue weighted by Gasteiger charge is 2.32. The Morgan fingerprint density at radius 2 is 2.00 bits per heavy atom. The molecule has 1 saturated carbocycles. The highest BCUT2D eigenvalue weighted by molar-refractivity contribution is 6.29. The zero-order valence-corrected chi connectivity index (χ0v) is 16.3. The Morgan fingerprint density at radius 1 is 1.26 bits per heavy atom. The van der Waals surface area contributed by atoms with Gasteiger partial charge in [-0.05, 0) is 40.0 Å². The fraction of sp³-hybridized carbons (Fsp3) is 0.450. The molecule has 0 aromatic carbocycles. The Labute approximate surface area is 161 Å². The maximum atomic E-state index is 5.90. The first-order valence-corrected chi connectivity index (χ1v) is 9.45. The van der Waals surface area contributed by atoms with Crippen LogP contribution in [0.2, 0.25) is 0 Å². The summed E-state index contributed by atoms with van der Waals surface area (Å²) in [6, 6.07) is 0.260. The number of fused-ring (bicyclic) bond motifs is 1. The van der Waals surface area contributed by atoms with E-state index in [2.05, 4.69) is 45.3 Å². The van der Waals surface area contributed by atoms with Crippen LogP contribution in [0.15, 0.2) is 23.5 Å². The second kappa shape index (κ2) is 6.55. The molecule has 0 unspecified atom stereocenters. The molecule has 2 aromatic heterocycles. The average Bonchev–Trinajstić information content (AvgIpc) is 3.46. The SMILES string of the molecule is [B]c1nc(C)c(-c2ncc3c(n2)N([C@H](C)CC)C(=C)C(C)=N3)c(C2CC2)n1. The molecule has 0 bridgehead atoms. The maximum Gasteiger partial charge on any atom is 0.170 e. The number of hydrogen-bond donors (Lipinski definition) is 0. The third-order valence-electron chi connectivity index (χ3n) is 5.33. The third kappa shape index (κ3) is 3.05. The number of anilines is 1. The highest BCUT2D eigenvalue weighted by Crippen LogP contribution is 2.44. The second-order valence-electron chi connectivity index (χ2n) is 7.38. The van der Waals surface area contributed by atoms with Crippen LogP contribution in [0.1, 0.15) is 57.3 Å². The molecule has 0 amide bonds. The lowest BCUT2D eigenvalue weighted by molar-refractivity contribution is 0.666. The van der Waals surface area contributed by atoms with Gasteiger partial charge in [-0.2, -0.15) is 0 Å². The molecular formula is C20H23BN6. The molecule has 1 aliphatic carbocycles. The molecule has 1 fully saturated rings. The number of aryl methyl sites for hydroxylation is 1. The van der Waals surface area contributed by atoms with Crippen LogP contribution in [0, 0.1) is 6.92 Å². The van der Waals surface area contributed by atoms with Crippen LogP contribution in [0.25, 0.3) is 11.4 Å². The van der Waals surface area contributed by atoms with E-state index in [1.165, 1.54) is 0 Å². The van der Waals surface area contributed by atoms with Crippen molar-refractivity contribution >= 4 is 30.8 Å². The van der Waals surface area contributed by atoms with E-state index in [-0.39, 0.29) is 6.04 Å². The van der Waals surface area contributed by atoms with Crippen molar-refractivity contribution in [2.24, 2.45) is 4.99 Å². The average molecular weight is 358 g/mol. The van der Waals surface area contributed by atoms with Gasteiger partial charge in [0.05, 0.1) is 40.3 Å². The first kappa shape index (κ1) is 17.8. The van der Waals surface area contributed by atoms with Gasteiger partial charge in [-0.1, -0.05) is 13.5 Å². The number of nitrogens with zero attached hydrogens (tertiary/aromatic N) is 6. The molecule has 0 N–H and O–H groups in total. The smallest absolute Gasteiger partial charge is 0.170 e. The van der Waals surface area contributed by atoms with Crippen molar-refractivity contribution in [3.8, 4) is 11.4 Å². The lowest BCUT2D eigenvalue weighted by atomic mass is 10.0. The van der Waals surface area contributed by atoms with Gasteiger partial charge in [0, 0.05) is 12.0 Å². The predicted molar refractivity (Wildman–Crippen MR) is 109 cm³/mol. The molecule has 7 heteroatoms. The molecule has 136 valence electrons. The Bertz CT molecular complexity index is 963. The highest BCUT2D eigenvalue weighted by atomic mass is 15.3. The zero-order chi connectivity index (χ0) is 19.3. The second-order valence-corrected chi connectivity index (χ2v) is 7.38. The quantitative estimate of drug-likeness (QED) is 0.786. The van der Waals surface area contributed by atoms with Crippen molar-refractivity contribution in [3.05, 3.63) is 29.9 Å². The van der Waals surface area contributed by atoms with E-state index in [9.17, 15) is 0 Å². The summed E-state index contributed by atoms with van der Waals surface area (Å²) in [5, 5.41) is 0. The topological polar surface area (TPSA) is 67.2 Å². The normalized spacial score (nSPS) is 17.6. The summed E-state index contributed by atoms with van der Waals surface area (Å²) in [6.07, 6.45) is 5.00. The van der Waals surface area contributed by atoms with E-state index in [1.807, 2.05) is 13.8 Å². The van der Waals surface area contributed by atoms with Crippen molar-refractivity contribution in [2.45, 2.75) is 58.9 Å². The first-order valence-electron chi connectivity index (χ1n) is 9.45. The van der Waals surface area contributed by atoms with Gasteiger partial charge in [0.2, 0.25) is 0 Å². The van der Waals surface area contributed by atoms with E-state index < -0.39 is 0 Å². The van der Waals surface area contributed by atoms with Gasteiger partial charge in [-0.3, -0.25) is 0 Å². The van der Waals surface area contributed by atoms with E-state index in [1.54, 1.807) is 6.20 Å². The van der Waals surface area contributed by atoms with Gasteiger partial charge in [-0.15, -0.1) is 0 Å². The van der Waals surface area contributed by atoms with Crippen LogP contribution in [-0.2, 0) is 0 Å². The van der Waals surface area contributed by atoms with Crippen molar-refractivity contribution < 1.29 is 0 Å². The third-order valence-corrected chi connectivity index (χ3v) is 5.33. The Morgan fingerprint density at radius 3 is 2.67 bits per heavy atom. The van der Waals surface area contributed by atoms with E-state index in [4.69, 9.17) is 12.8 Å². The standard InChI is InChI=1S/C20H23BN6/c1-6-10(2)27-13(5)11(3)23-15-9-22-18(26-19(15)27)16-12(4)24-20(21)25-17(16)14-7-8-14/h9-10,14H,5-8H2,1-4H3/t10-/m1/s1. The lowest BCUT2D eigenvalue weighted by Gasteiger charge is -2.34.